The van der Waals surface area contributed by atoms with Crippen LogP contribution in [0.2, 0.25) is 0 Å². The number of pyridine rings is 2. The Hall–Kier alpha value is -5.31. The third-order valence-corrected chi connectivity index (χ3v) is 13.3. The topological polar surface area (TPSA) is 39.9 Å². The molecule has 0 N–H and O–H groups in total. The van der Waals surface area contributed by atoms with Gasteiger partial charge in [-0.15, -0.1) is 22.1 Å². The predicted molar refractivity (Wildman–Crippen MR) is 223 cm³/mol. The van der Waals surface area contributed by atoms with Crippen molar-refractivity contribution < 1.29 is 25.8 Å². The molecule has 0 saturated carbocycles. The van der Waals surface area contributed by atoms with Crippen molar-refractivity contribution in [3.05, 3.63) is 173 Å². The number of fused-ring (bicyclic) bond motifs is 5. The zero-order valence-corrected chi connectivity index (χ0v) is 34.9. The third-order valence-electron chi connectivity index (χ3n) is 13.3. The summed E-state index contributed by atoms with van der Waals surface area (Å²) in [6.45, 7) is 14.1. The van der Waals surface area contributed by atoms with Gasteiger partial charge in [0.15, 0.2) is 0 Å². The van der Waals surface area contributed by atoms with Crippen molar-refractivity contribution in [1.29, 1.82) is 0 Å². The van der Waals surface area contributed by atoms with Gasteiger partial charge < -0.3 is 14.3 Å². The summed E-state index contributed by atoms with van der Waals surface area (Å²) in [5.74, 6) is 1.94. The Balaban J connectivity index is 0.00000410. The number of aryl methyl sites for hydroxylation is 2. The second kappa shape index (κ2) is 13.1. The number of para-hydroxylation sites is 1. The van der Waals surface area contributed by atoms with Crippen LogP contribution in [0.25, 0.3) is 50.0 Å². The fourth-order valence-corrected chi connectivity index (χ4v) is 10.5. The van der Waals surface area contributed by atoms with E-state index in [-0.39, 0.29) is 37.3 Å². The van der Waals surface area contributed by atoms with E-state index in [1.807, 2.05) is 36.5 Å². The van der Waals surface area contributed by atoms with Crippen molar-refractivity contribution in [2.24, 2.45) is 5.41 Å². The maximum atomic E-state index is 6.73. The summed E-state index contributed by atoms with van der Waals surface area (Å²) in [6, 6.07) is 50.1. The van der Waals surface area contributed by atoms with Crippen LogP contribution in [-0.2, 0) is 44.7 Å². The van der Waals surface area contributed by atoms with Crippen LogP contribution in [0.5, 0.6) is 11.6 Å². The number of rotatable bonds is 5. The van der Waals surface area contributed by atoms with Gasteiger partial charge in [0, 0.05) is 23.5 Å². The minimum absolute atomic E-state index is 0. The van der Waals surface area contributed by atoms with E-state index in [2.05, 4.69) is 149 Å². The molecule has 0 aliphatic heterocycles. The van der Waals surface area contributed by atoms with Crippen LogP contribution in [0.1, 0.15) is 61.1 Å². The van der Waals surface area contributed by atoms with Gasteiger partial charge in [0.25, 0.3) is 0 Å². The molecule has 4 nitrogen and oxygen atoms in total. The van der Waals surface area contributed by atoms with Crippen LogP contribution < -0.4 is 4.74 Å². The van der Waals surface area contributed by atoms with Gasteiger partial charge in [0.05, 0.1) is 0 Å². The Bertz CT molecular complexity index is 2780. The Morgan fingerprint density at radius 3 is 2.18 bits per heavy atom. The molecular formula is C51H43N3OPt. The monoisotopic (exact) mass is 908 g/mol. The summed E-state index contributed by atoms with van der Waals surface area (Å²) in [7, 11) is 0. The standard InChI is InChI=1S/C51H43N3O.Pt/c1-32-15-13-16-33(2)48(32)34-24-25-45-39(28-34)37-17-7-10-21-44(37)54(45)46-22-14-23-47(53-46)55-36-27-35-30-51(31-40(35)38(29-36)43-20-11-12-26-52-43)49(3,4)41-18-8-9-19-42(41)50(51,5)6;/h7-20,22-28H,30-31H2,1-6H3;/q-2;+2. The number of hydrogen-bond acceptors (Lipinski definition) is 3. The molecule has 0 unspecified atom stereocenters. The summed E-state index contributed by atoms with van der Waals surface area (Å²) >= 11 is 0. The first kappa shape index (κ1) is 36.3. The van der Waals surface area contributed by atoms with Gasteiger partial charge in [-0.3, -0.25) is 0 Å². The molecule has 10 rings (SSSR count). The normalized spacial score (nSPS) is 15.8. The molecule has 0 amide bonds. The fourth-order valence-electron chi connectivity index (χ4n) is 10.5. The molecule has 5 heteroatoms. The van der Waals surface area contributed by atoms with Gasteiger partial charge in [-0.05, 0) is 99.2 Å². The average Bonchev–Trinajstić information content (AvgIpc) is 3.79. The maximum absolute atomic E-state index is 6.73. The van der Waals surface area contributed by atoms with E-state index in [4.69, 9.17) is 14.7 Å². The molecule has 2 aliphatic carbocycles. The molecule has 0 radical (unpaired) electrons. The minimum atomic E-state index is -0.0384. The second-order valence-corrected chi connectivity index (χ2v) is 16.7. The molecule has 8 aromatic rings. The number of benzene rings is 5. The van der Waals surface area contributed by atoms with Gasteiger partial charge in [0.2, 0.25) is 5.88 Å². The van der Waals surface area contributed by atoms with Gasteiger partial charge >= 0.3 is 21.1 Å². The van der Waals surface area contributed by atoms with Crippen molar-refractivity contribution in [3.63, 3.8) is 0 Å². The van der Waals surface area contributed by atoms with E-state index >= 15 is 0 Å². The van der Waals surface area contributed by atoms with Gasteiger partial charge in [-0.2, -0.15) is 29.2 Å². The third kappa shape index (κ3) is 5.22. The molecule has 0 bridgehead atoms. The second-order valence-electron chi connectivity index (χ2n) is 16.7. The summed E-state index contributed by atoms with van der Waals surface area (Å²) < 4.78 is 8.93. The van der Waals surface area contributed by atoms with Gasteiger partial charge in [-0.25, -0.2) is 0 Å². The largest absolute Gasteiger partial charge is 2.00 e. The van der Waals surface area contributed by atoms with Crippen molar-refractivity contribution in [1.82, 2.24) is 14.5 Å². The smallest absolute Gasteiger partial charge is 0.459 e. The first-order valence-electron chi connectivity index (χ1n) is 19.3. The first-order valence-corrected chi connectivity index (χ1v) is 19.3. The zero-order valence-electron chi connectivity index (χ0n) is 32.6. The van der Waals surface area contributed by atoms with Crippen LogP contribution in [0.4, 0.5) is 0 Å². The predicted octanol–water partition coefficient (Wildman–Crippen LogP) is 12.3. The molecular weight excluding hydrogens is 866 g/mol. The van der Waals surface area contributed by atoms with E-state index < -0.39 is 0 Å². The Labute approximate surface area is 343 Å². The number of hydrogen-bond donors (Lipinski definition) is 0. The zero-order chi connectivity index (χ0) is 37.7. The van der Waals surface area contributed by atoms with Crippen LogP contribution >= 0.6 is 0 Å². The summed E-state index contributed by atoms with van der Waals surface area (Å²) in [5.41, 5.74) is 14.5. The Morgan fingerprint density at radius 2 is 1.45 bits per heavy atom. The summed E-state index contributed by atoms with van der Waals surface area (Å²) in [5, 5.41) is 2.31. The minimum Gasteiger partial charge on any atom is -0.459 e. The molecule has 56 heavy (non-hydrogen) atoms. The van der Waals surface area contributed by atoms with E-state index in [0.717, 1.165) is 46.3 Å². The number of aromatic nitrogens is 3. The van der Waals surface area contributed by atoms with Crippen molar-refractivity contribution >= 4 is 21.8 Å². The molecule has 1 spiro atoms. The van der Waals surface area contributed by atoms with Crippen molar-refractivity contribution in [3.8, 4) is 39.8 Å². The van der Waals surface area contributed by atoms with Crippen LogP contribution in [0.15, 0.2) is 128 Å². The number of nitrogens with zero attached hydrogens (tertiary/aromatic N) is 3. The molecule has 0 saturated heterocycles. The van der Waals surface area contributed by atoms with Gasteiger partial charge in [-0.1, -0.05) is 125 Å². The van der Waals surface area contributed by atoms with Crippen molar-refractivity contribution in [2.75, 3.05) is 0 Å². The van der Waals surface area contributed by atoms with Crippen LogP contribution in [0, 0.1) is 31.4 Å². The molecule has 3 heterocycles. The van der Waals surface area contributed by atoms with Crippen LogP contribution in [0.3, 0.4) is 0 Å². The average molecular weight is 909 g/mol. The number of ether oxygens (including phenoxy) is 1. The van der Waals surface area contributed by atoms with E-state index in [1.165, 1.54) is 49.9 Å². The van der Waals surface area contributed by atoms with E-state index in [1.54, 1.807) is 0 Å². The summed E-state index contributed by atoms with van der Waals surface area (Å²) in [6.07, 6.45) is 3.76. The molecule has 0 atom stereocenters. The molecule has 2 aliphatic rings. The van der Waals surface area contributed by atoms with E-state index in [9.17, 15) is 0 Å². The quantitative estimate of drug-likeness (QED) is 0.162. The Morgan fingerprint density at radius 1 is 0.714 bits per heavy atom. The van der Waals surface area contributed by atoms with Crippen LogP contribution in [-0.4, -0.2) is 14.5 Å². The van der Waals surface area contributed by atoms with Crippen molar-refractivity contribution in [2.45, 2.75) is 65.2 Å². The fraction of sp³-hybridized carbons (Fsp3) is 0.216. The SMILES string of the molecule is Cc1cccc(C)c1-c1ccc2c(c1)c1ccc[c-]c1n2-c1cccc(Oc2[c-]c(-c3ccccn3)c3c(c2)CC2(C3)C(C)(C)c3ccccc3C2(C)C)n1.[Pt+2]. The molecule has 3 aromatic heterocycles. The van der Waals surface area contributed by atoms with Gasteiger partial charge in [0.1, 0.15) is 5.82 Å². The first-order chi connectivity index (χ1) is 26.6. The molecule has 0 fully saturated rings. The summed E-state index contributed by atoms with van der Waals surface area (Å²) in [4.78, 5) is 9.98. The molecule has 278 valence electrons. The Kier molecular flexibility index (Phi) is 8.52. The van der Waals surface area contributed by atoms with E-state index in [0.29, 0.717) is 11.6 Å². The maximum Gasteiger partial charge on any atom is 2.00 e. The molecule has 5 aromatic carbocycles.